The van der Waals surface area contributed by atoms with E-state index in [2.05, 4.69) is 15.9 Å². The standard InChI is InChI=1S/C13H18BrClO3S/c1-10(6-8-19(15,16)17)5-7-18-13-4-3-11(2)9-12(13)14/h3-4,9-10H,5-8H2,1-2H3. The van der Waals surface area contributed by atoms with Crippen LogP contribution in [0.4, 0.5) is 0 Å². The Bertz CT molecular complexity index is 517. The predicted molar refractivity (Wildman–Crippen MR) is 82.4 cm³/mol. The quantitative estimate of drug-likeness (QED) is 0.679. The molecule has 0 aliphatic heterocycles. The first-order chi connectivity index (χ1) is 8.78. The number of aryl methyl sites for hydroxylation is 1. The Morgan fingerprint density at radius 3 is 2.63 bits per heavy atom. The first-order valence-corrected chi connectivity index (χ1v) is 9.36. The topological polar surface area (TPSA) is 43.4 Å². The van der Waals surface area contributed by atoms with Gasteiger partial charge in [0.05, 0.1) is 16.8 Å². The van der Waals surface area contributed by atoms with Crippen LogP contribution >= 0.6 is 26.6 Å². The average molecular weight is 370 g/mol. The summed E-state index contributed by atoms with van der Waals surface area (Å²) in [6, 6.07) is 5.91. The van der Waals surface area contributed by atoms with Crippen LogP contribution in [0.25, 0.3) is 0 Å². The van der Waals surface area contributed by atoms with E-state index in [4.69, 9.17) is 15.4 Å². The van der Waals surface area contributed by atoms with Gasteiger partial charge in [-0.15, -0.1) is 0 Å². The Hall–Kier alpha value is -0.260. The zero-order valence-corrected chi connectivity index (χ0v) is 14.2. The normalized spacial score (nSPS) is 13.3. The second kappa shape index (κ2) is 7.50. The Kier molecular flexibility index (Phi) is 6.63. The fourth-order valence-corrected chi connectivity index (χ4v) is 3.14. The Balaban J connectivity index is 2.33. The van der Waals surface area contributed by atoms with Gasteiger partial charge in [0.2, 0.25) is 9.05 Å². The largest absolute Gasteiger partial charge is 0.492 e. The van der Waals surface area contributed by atoms with Crippen LogP contribution in [-0.4, -0.2) is 20.8 Å². The molecule has 0 aromatic heterocycles. The van der Waals surface area contributed by atoms with Crippen molar-refractivity contribution in [3.05, 3.63) is 28.2 Å². The number of hydrogen-bond acceptors (Lipinski definition) is 3. The van der Waals surface area contributed by atoms with Crippen LogP contribution in [0.15, 0.2) is 22.7 Å². The second-order valence-corrected chi connectivity index (χ2v) is 8.46. The van der Waals surface area contributed by atoms with Gasteiger partial charge in [0.1, 0.15) is 5.75 Å². The molecule has 0 aliphatic rings. The van der Waals surface area contributed by atoms with Crippen molar-refractivity contribution in [2.24, 2.45) is 5.92 Å². The van der Waals surface area contributed by atoms with E-state index in [1.807, 2.05) is 32.0 Å². The highest BCUT2D eigenvalue weighted by Crippen LogP contribution is 2.26. The summed E-state index contributed by atoms with van der Waals surface area (Å²) in [6.07, 6.45) is 1.36. The van der Waals surface area contributed by atoms with Crippen molar-refractivity contribution in [3.8, 4) is 5.75 Å². The average Bonchev–Trinajstić information content (AvgIpc) is 2.28. The summed E-state index contributed by atoms with van der Waals surface area (Å²) < 4.78 is 28.3. The predicted octanol–water partition coefficient (Wildman–Crippen LogP) is 4.12. The van der Waals surface area contributed by atoms with Gasteiger partial charge >= 0.3 is 0 Å². The van der Waals surface area contributed by atoms with Crippen LogP contribution in [0.1, 0.15) is 25.3 Å². The number of rotatable bonds is 7. The van der Waals surface area contributed by atoms with Crippen molar-refractivity contribution in [2.45, 2.75) is 26.7 Å². The highest BCUT2D eigenvalue weighted by molar-refractivity contribution is 9.10. The smallest absolute Gasteiger partial charge is 0.232 e. The maximum Gasteiger partial charge on any atom is 0.232 e. The molecule has 1 unspecified atom stereocenters. The molecule has 0 saturated heterocycles. The van der Waals surface area contributed by atoms with Gasteiger partial charge in [-0.2, -0.15) is 0 Å². The van der Waals surface area contributed by atoms with Gasteiger partial charge in [-0.25, -0.2) is 8.42 Å². The van der Waals surface area contributed by atoms with Crippen molar-refractivity contribution >= 4 is 35.7 Å². The molecular weight excluding hydrogens is 352 g/mol. The molecule has 3 nitrogen and oxygen atoms in total. The maximum atomic E-state index is 10.8. The van der Waals surface area contributed by atoms with E-state index in [-0.39, 0.29) is 11.7 Å². The van der Waals surface area contributed by atoms with E-state index in [9.17, 15) is 8.42 Å². The number of benzene rings is 1. The molecule has 0 heterocycles. The fraction of sp³-hybridized carbons (Fsp3) is 0.538. The molecule has 0 radical (unpaired) electrons. The summed E-state index contributed by atoms with van der Waals surface area (Å²) in [5, 5.41) is 0. The van der Waals surface area contributed by atoms with Crippen LogP contribution in [-0.2, 0) is 9.05 Å². The van der Waals surface area contributed by atoms with Crippen molar-refractivity contribution in [1.82, 2.24) is 0 Å². The lowest BCUT2D eigenvalue weighted by atomic mass is 10.1. The third kappa shape index (κ3) is 7.18. The molecule has 0 N–H and O–H groups in total. The van der Waals surface area contributed by atoms with Crippen LogP contribution in [0.3, 0.4) is 0 Å². The molecule has 0 spiro atoms. The monoisotopic (exact) mass is 368 g/mol. The minimum absolute atomic E-state index is 0.0178. The molecule has 0 bridgehead atoms. The van der Waals surface area contributed by atoms with Gasteiger partial charge in [-0.05, 0) is 59.3 Å². The molecule has 0 saturated carbocycles. The van der Waals surface area contributed by atoms with Crippen LogP contribution < -0.4 is 4.74 Å². The molecule has 0 amide bonds. The minimum Gasteiger partial charge on any atom is -0.492 e. The second-order valence-electron chi connectivity index (χ2n) is 4.71. The van der Waals surface area contributed by atoms with Crippen LogP contribution in [0.2, 0.25) is 0 Å². The van der Waals surface area contributed by atoms with E-state index in [1.54, 1.807) is 0 Å². The first-order valence-electron chi connectivity index (χ1n) is 6.09. The van der Waals surface area contributed by atoms with E-state index in [0.717, 1.165) is 16.6 Å². The summed E-state index contributed by atoms with van der Waals surface area (Å²) in [4.78, 5) is 0. The Labute approximate surface area is 127 Å². The van der Waals surface area contributed by atoms with E-state index < -0.39 is 9.05 Å². The Morgan fingerprint density at radius 1 is 1.37 bits per heavy atom. The summed E-state index contributed by atoms with van der Waals surface area (Å²) in [6.45, 7) is 4.57. The molecule has 19 heavy (non-hydrogen) atoms. The molecule has 6 heteroatoms. The van der Waals surface area contributed by atoms with Gasteiger partial charge < -0.3 is 4.74 Å². The summed E-state index contributed by atoms with van der Waals surface area (Å²) >= 11 is 3.45. The molecule has 1 aromatic rings. The molecule has 1 atom stereocenters. The third-order valence-corrected chi connectivity index (χ3v) is 4.62. The number of halogens is 2. The lowest BCUT2D eigenvalue weighted by Gasteiger charge is -2.12. The van der Waals surface area contributed by atoms with E-state index >= 15 is 0 Å². The third-order valence-electron chi connectivity index (χ3n) is 2.81. The van der Waals surface area contributed by atoms with E-state index in [1.165, 1.54) is 5.56 Å². The lowest BCUT2D eigenvalue weighted by Crippen LogP contribution is -2.08. The molecule has 0 aliphatic carbocycles. The van der Waals surface area contributed by atoms with Gasteiger partial charge in [0, 0.05) is 10.7 Å². The summed E-state index contributed by atoms with van der Waals surface area (Å²) in [5.74, 6) is 1.09. The van der Waals surface area contributed by atoms with Gasteiger partial charge in [0.15, 0.2) is 0 Å². The van der Waals surface area contributed by atoms with Gasteiger partial charge in [-0.3, -0.25) is 0 Å². The van der Waals surface area contributed by atoms with E-state index in [0.29, 0.717) is 13.0 Å². The SMILES string of the molecule is Cc1ccc(OCCC(C)CCS(=O)(=O)Cl)c(Br)c1. The molecule has 1 aromatic carbocycles. The van der Waals surface area contributed by atoms with Crippen molar-refractivity contribution in [2.75, 3.05) is 12.4 Å². The van der Waals surface area contributed by atoms with Crippen LogP contribution in [0, 0.1) is 12.8 Å². The fourth-order valence-electron chi connectivity index (χ4n) is 1.58. The van der Waals surface area contributed by atoms with Crippen molar-refractivity contribution in [3.63, 3.8) is 0 Å². The lowest BCUT2D eigenvalue weighted by molar-refractivity contribution is 0.280. The molecular formula is C13H18BrClO3S. The molecule has 1 rings (SSSR count). The zero-order chi connectivity index (χ0) is 14.5. The summed E-state index contributed by atoms with van der Waals surface area (Å²) in [7, 11) is 1.79. The highest BCUT2D eigenvalue weighted by atomic mass is 79.9. The first kappa shape index (κ1) is 16.8. The minimum atomic E-state index is -3.38. The van der Waals surface area contributed by atoms with Crippen molar-refractivity contribution < 1.29 is 13.2 Å². The summed E-state index contributed by atoms with van der Waals surface area (Å²) in [5.41, 5.74) is 1.17. The Morgan fingerprint density at radius 2 is 2.05 bits per heavy atom. The van der Waals surface area contributed by atoms with Gasteiger partial charge in [0.25, 0.3) is 0 Å². The van der Waals surface area contributed by atoms with Gasteiger partial charge in [-0.1, -0.05) is 13.0 Å². The van der Waals surface area contributed by atoms with Crippen LogP contribution in [0.5, 0.6) is 5.75 Å². The highest BCUT2D eigenvalue weighted by Gasteiger charge is 2.10. The number of hydrogen-bond donors (Lipinski definition) is 0. The van der Waals surface area contributed by atoms with Crippen molar-refractivity contribution in [1.29, 1.82) is 0 Å². The zero-order valence-electron chi connectivity index (χ0n) is 11.0. The number of ether oxygens (including phenoxy) is 1. The molecule has 0 fully saturated rings. The molecule has 108 valence electrons. The maximum absolute atomic E-state index is 10.8.